The van der Waals surface area contributed by atoms with Crippen LogP contribution in [-0.4, -0.2) is 14.6 Å². The maximum absolute atomic E-state index is 13.8. The number of benzene rings is 2. The van der Waals surface area contributed by atoms with Crippen LogP contribution in [0.4, 0.5) is 13.2 Å². The summed E-state index contributed by atoms with van der Waals surface area (Å²) in [6, 6.07) is 11.1. The van der Waals surface area contributed by atoms with Gasteiger partial charge in [0, 0.05) is 5.56 Å². The van der Waals surface area contributed by atoms with Gasteiger partial charge in [-0.1, -0.05) is 48.0 Å². The summed E-state index contributed by atoms with van der Waals surface area (Å²) in [5.41, 5.74) is -2.21. The number of aryl methyl sites for hydroxylation is 1. The van der Waals surface area contributed by atoms with Gasteiger partial charge in [-0.3, -0.25) is 0 Å². The lowest BCUT2D eigenvalue weighted by Crippen LogP contribution is -2.43. The molecule has 1 atom stereocenters. The molecule has 0 radical (unpaired) electrons. The average molecular weight is 354 g/mol. The van der Waals surface area contributed by atoms with Gasteiger partial charge in [-0.15, -0.1) is 0 Å². The second kappa shape index (κ2) is 5.46. The monoisotopic (exact) mass is 354 g/mol. The molecule has 3 nitrogen and oxygen atoms in total. The molecule has 0 saturated carbocycles. The van der Waals surface area contributed by atoms with Gasteiger partial charge in [0.25, 0.3) is 10.1 Å². The Balaban J connectivity index is 2.11. The van der Waals surface area contributed by atoms with E-state index in [0.717, 1.165) is 11.6 Å². The summed E-state index contributed by atoms with van der Waals surface area (Å²) in [6.07, 6.45) is -2.98. The van der Waals surface area contributed by atoms with E-state index in [-0.39, 0.29) is 16.0 Å². The molecule has 24 heavy (non-hydrogen) atoms. The van der Waals surface area contributed by atoms with Crippen molar-refractivity contribution in [1.29, 1.82) is 0 Å². The predicted molar refractivity (Wildman–Crippen MR) is 82.7 cm³/mol. The van der Waals surface area contributed by atoms with Crippen LogP contribution in [0.2, 0.25) is 0 Å². The van der Waals surface area contributed by atoms with Crippen LogP contribution in [0.5, 0.6) is 0 Å². The van der Waals surface area contributed by atoms with Crippen molar-refractivity contribution >= 4 is 16.2 Å². The average Bonchev–Trinajstić information content (AvgIpc) is 2.87. The third kappa shape index (κ3) is 2.63. The van der Waals surface area contributed by atoms with Crippen LogP contribution < -0.4 is 0 Å². The van der Waals surface area contributed by atoms with Crippen molar-refractivity contribution in [2.75, 3.05) is 0 Å². The highest BCUT2D eigenvalue weighted by Gasteiger charge is 2.60. The van der Waals surface area contributed by atoms with Crippen LogP contribution in [0.1, 0.15) is 16.7 Å². The maximum Gasteiger partial charge on any atom is 0.426 e. The van der Waals surface area contributed by atoms with Gasteiger partial charge in [0.1, 0.15) is 0 Å². The Morgan fingerprint density at radius 2 is 1.62 bits per heavy atom. The van der Waals surface area contributed by atoms with Crippen molar-refractivity contribution in [2.45, 2.75) is 23.6 Å². The number of hydrogen-bond donors (Lipinski definition) is 0. The van der Waals surface area contributed by atoms with Crippen LogP contribution in [0.15, 0.2) is 59.5 Å². The fraction of sp³-hybridized carbons (Fsp3) is 0.176. The molecule has 126 valence electrons. The molecule has 0 bridgehead atoms. The fourth-order valence-electron chi connectivity index (χ4n) is 2.57. The third-order valence-corrected chi connectivity index (χ3v) is 5.16. The molecule has 1 aliphatic rings. The van der Waals surface area contributed by atoms with Crippen LogP contribution in [0.25, 0.3) is 6.08 Å². The molecule has 2 aromatic carbocycles. The van der Waals surface area contributed by atoms with Gasteiger partial charge in [-0.05, 0) is 30.7 Å². The lowest BCUT2D eigenvalue weighted by atomic mass is 9.95. The first kappa shape index (κ1) is 16.7. The molecule has 0 fully saturated rings. The van der Waals surface area contributed by atoms with E-state index in [2.05, 4.69) is 0 Å². The topological polar surface area (TPSA) is 43.4 Å². The molecule has 2 aromatic rings. The zero-order chi connectivity index (χ0) is 17.6. The molecule has 0 heterocycles. The summed E-state index contributed by atoms with van der Waals surface area (Å²) < 4.78 is 70.9. The first-order valence-electron chi connectivity index (χ1n) is 7.03. The minimum absolute atomic E-state index is 0.242. The van der Waals surface area contributed by atoms with E-state index >= 15 is 0 Å². The van der Waals surface area contributed by atoms with Crippen molar-refractivity contribution in [1.82, 2.24) is 0 Å². The summed E-state index contributed by atoms with van der Waals surface area (Å²) in [4.78, 5) is -0.325. The SMILES string of the molecule is Cc1ccc(S(=O)(=O)OC2(C(F)(F)F)C=Cc3ccccc32)cc1. The smallest absolute Gasteiger partial charge is 0.241 e. The Kier molecular flexibility index (Phi) is 3.80. The first-order chi connectivity index (χ1) is 11.2. The van der Waals surface area contributed by atoms with Crippen LogP contribution in [-0.2, 0) is 19.9 Å². The van der Waals surface area contributed by atoms with Gasteiger partial charge in [0.05, 0.1) is 4.90 Å². The number of alkyl halides is 3. The van der Waals surface area contributed by atoms with Crippen molar-refractivity contribution < 1.29 is 25.8 Å². The molecule has 1 aliphatic carbocycles. The molecule has 0 aliphatic heterocycles. The maximum atomic E-state index is 13.8. The highest BCUT2D eigenvalue weighted by atomic mass is 32.2. The third-order valence-electron chi connectivity index (χ3n) is 3.83. The predicted octanol–water partition coefficient (Wildman–Crippen LogP) is 4.18. The molecular weight excluding hydrogens is 341 g/mol. The van der Waals surface area contributed by atoms with Crippen LogP contribution in [0.3, 0.4) is 0 Å². The Hall–Kier alpha value is -2.12. The summed E-state index contributed by atoms with van der Waals surface area (Å²) in [5, 5.41) is 0. The Morgan fingerprint density at radius 3 is 2.25 bits per heavy atom. The molecule has 0 N–H and O–H groups in total. The molecule has 1 unspecified atom stereocenters. The molecule has 0 saturated heterocycles. The van der Waals surface area contributed by atoms with E-state index in [4.69, 9.17) is 4.18 Å². The van der Waals surface area contributed by atoms with E-state index < -0.39 is 21.9 Å². The second-order valence-electron chi connectivity index (χ2n) is 5.50. The van der Waals surface area contributed by atoms with Gasteiger partial charge in [0.15, 0.2) is 0 Å². The van der Waals surface area contributed by atoms with Gasteiger partial charge < -0.3 is 0 Å². The zero-order valence-electron chi connectivity index (χ0n) is 12.5. The molecule has 0 spiro atoms. The van der Waals surface area contributed by atoms with E-state index in [0.29, 0.717) is 0 Å². The second-order valence-corrected chi connectivity index (χ2v) is 7.05. The number of rotatable bonds is 3. The van der Waals surface area contributed by atoms with Crippen molar-refractivity contribution in [3.63, 3.8) is 0 Å². The first-order valence-corrected chi connectivity index (χ1v) is 8.44. The lowest BCUT2D eigenvalue weighted by molar-refractivity contribution is -0.232. The Labute approximate surface area is 137 Å². The lowest BCUT2D eigenvalue weighted by Gasteiger charge is -2.30. The van der Waals surface area contributed by atoms with Crippen molar-refractivity contribution in [3.8, 4) is 0 Å². The Bertz CT molecular complexity index is 899. The van der Waals surface area contributed by atoms with Crippen LogP contribution in [0, 0.1) is 6.92 Å². The van der Waals surface area contributed by atoms with Gasteiger partial charge >= 0.3 is 6.18 Å². The molecular formula is C17H13F3O3S. The minimum Gasteiger partial charge on any atom is -0.241 e. The number of hydrogen-bond acceptors (Lipinski definition) is 3. The van der Waals surface area contributed by atoms with E-state index in [9.17, 15) is 21.6 Å². The standard InChI is InChI=1S/C17H13F3O3S/c1-12-6-8-14(9-7-12)24(21,22)23-16(17(18,19)20)11-10-13-4-2-3-5-15(13)16/h2-11H,1H3. The van der Waals surface area contributed by atoms with E-state index in [1.54, 1.807) is 13.0 Å². The fourth-order valence-corrected chi connectivity index (χ4v) is 3.72. The summed E-state index contributed by atoms with van der Waals surface area (Å²) in [6.45, 7) is 1.74. The molecule has 0 amide bonds. The largest absolute Gasteiger partial charge is 0.426 e. The van der Waals surface area contributed by atoms with Gasteiger partial charge in [-0.2, -0.15) is 21.6 Å². The normalized spacial score (nSPS) is 20.2. The minimum atomic E-state index is -4.94. The quantitative estimate of drug-likeness (QED) is 0.777. The van der Waals surface area contributed by atoms with Crippen molar-refractivity contribution in [2.24, 2.45) is 0 Å². The zero-order valence-corrected chi connectivity index (χ0v) is 13.4. The highest BCUT2D eigenvalue weighted by Crippen LogP contribution is 2.50. The van der Waals surface area contributed by atoms with E-state index in [1.807, 2.05) is 0 Å². The summed E-state index contributed by atoms with van der Waals surface area (Å²) in [7, 11) is -4.62. The summed E-state index contributed by atoms with van der Waals surface area (Å²) >= 11 is 0. The van der Waals surface area contributed by atoms with Crippen molar-refractivity contribution in [3.05, 3.63) is 71.3 Å². The highest BCUT2D eigenvalue weighted by molar-refractivity contribution is 7.86. The summed E-state index contributed by atoms with van der Waals surface area (Å²) in [5.74, 6) is 0. The van der Waals surface area contributed by atoms with E-state index in [1.165, 1.54) is 48.5 Å². The molecule has 0 aromatic heterocycles. The number of fused-ring (bicyclic) bond motifs is 1. The molecule has 3 rings (SSSR count). The van der Waals surface area contributed by atoms with Gasteiger partial charge in [-0.25, -0.2) is 4.18 Å². The van der Waals surface area contributed by atoms with Gasteiger partial charge in [0.2, 0.25) is 5.60 Å². The molecule has 7 heteroatoms. The number of halogens is 3. The van der Waals surface area contributed by atoms with Crippen LogP contribution >= 0.6 is 0 Å². The Morgan fingerprint density at radius 1 is 1.00 bits per heavy atom.